The summed E-state index contributed by atoms with van der Waals surface area (Å²) in [5.74, 6) is -0.337. The van der Waals surface area contributed by atoms with Crippen molar-refractivity contribution in [1.29, 1.82) is 0 Å². The number of carbonyl (C=O) groups is 2. The van der Waals surface area contributed by atoms with Crippen LogP contribution < -0.4 is 0 Å². The average molecular weight is 268 g/mol. The third-order valence-corrected chi connectivity index (χ3v) is 2.95. The van der Waals surface area contributed by atoms with Crippen LogP contribution in [0.25, 0.3) is 0 Å². The number of ether oxygens (including phenoxy) is 1. The van der Waals surface area contributed by atoms with Crippen LogP contribution in [-0.2, 0) is 22.6 Å². The molecule has 2 aromatic carbocycles. The van der Waals surface area contributed by atoms with Gasteiger partial charge in [-0.1, -0.05) is 42.5 Å². The highest BCUT2D eigenvalue weighted by Gasteiger charge is 2.07. The minimum absolute atomic E-state index is 0.270. The third kappa shape index (κ3) is 4.05. The fourth-order valence-corrected chi connectivity index (χ4v) is 1.84. The number of benzene rings is 2. The molecule has 0 fully saturated rings. The summed E-state index contributed by atoms with van der Waals surface area (Å²) in [6.07, 6.45) is 2.09. The lowest BCUT2D eigenvalue weighted by atomic mass is 10.1. The second kappa shape index (κ2) is 7.24. The molecule has 0 aliphatic carbocycles. The highest BCUT2D eigenvalue weighted by Crippen LogP contribution is 2.09. The maximum atomic E-state index is 11.9. The van der Waals surface area contributed by atoms with Crippen molar-refractivity contribution in [3.05, 3.63) is 71.3 Å². The molecule has 0 aliphatic heterocycles. The van der Waals surface area contributed by atoms with E-state index >= 15 is 0 Å². The first-order chi connectivity index (χ1) is 9.79. The van der Waals surface area contributed by atoms with E-state index in [-0.39, 0.29) is 12.6 Å². The summed E-state index contributed by atoms with van der Waals surface area (Å²) in [6.45, 7) is 0.270. The van der Waals surface area contributed by atoms with Crippen LogP contribution >= 0.6 is 0 Å². The minimum Gasteiger partial charge on any atom is -0.457 e. The Morgan fingerprint density at radius 3 is 2.30 bits per heavy atom. The van der Waals surface area contributed by atoms with Gasteiger partial charge < -0.3 is 9.53 Å². The molecule has 0 bridgehead atoms. The topological polar surface area (TPSA) is 43.4 Å². The van der Waals surface area contributed by atoms with Gasteiger partial charge in [0.25, 0.3) is 0 Å². The van der Waals surface area contributed by atoms with Crippen LogP contribution in [0.4, 0.5) is 0 Å². The molecule has 0 saturated carbocycles. The average Bonchev–Trinajstić information content (AvgIpc) is 2.52. The Balaban J connectivity index is 1.90. The van der Waals surface area contributed by atoms with Gasteiger partial charge in [-0.2, -0.15) is 0 Å². The standard InChI is InChI=1S/C17H16O3/c18-12-4-7-14-8-10-16(11-9-14)17(19)20-13-15-5-2-1-3-6-15/h1-3,5-6,8-12H,4,7,13H2. The SMILES string of the molecule is O=CCCc1ccc(C(=O)OCc2ccccc2)cc1. The van der Waals surface area contributed by atoms with Crippen molar-refractivity contribution in [3.8, 4) is 0 Å². The zero-order valence-electron chi connectivity index (χ0n) is 11.1. The maximum absolute atomic E-state index is 11.9. The molecule has 0 heterocycles. The Morgan fingerprint density at radius 2 is 1.65 bits per heavy atom. The van der Waals surface area contributed by atoms with Gasteiger partial charge >= 0.3 is 5.97 Å². The van der Waals surface area contributed by atoms with Gasteiger partial charge in [0.2, 0.25) is 0 Å². The molecule has 0 aliphatic rings. The fourth-order valence-electron chi connectivity index (χ4n) is 1.84. The summed E-state index contributed by atoms with van der Waals surface area (Å²) < 4.78 is 5.24. The first kappa shape index (κ1) is 14.0. The lowest BCUT2D eigenvalue weighted by Gasteiger charge is -2.05. The molecular weight excluding hydrogens is 252 g/mol. The van der Waals surface area contributed by atoms with E-state index < -0.39 is 0 Å². The molecule has 0 spiro atoms. The molecule has 2 aromatic rings. The van der Waals surface area contributed by atoms with E-state index in [4.69, 9.17) is 4.74 Å². The van der Waals surface area contributed by atoms with E-state index in [1.54, 1.807) is 12.1 Å². The largest absolute Gasteiger partial charge is 0.457 e. The van der Waals surface area contributed by atoms with Crippen molar-refractivity contribution in [2.45, 2.75) is 19.4 Å². The Kier molecular flexibility index (Phi) is 5.07. The van der Waals surface area contributed by atoms with E-state index in [1.165, 1.54) is 0 Å². The van der Waals surface area contributed by atoms with Crippen molar-refractivity contribution in [2.75, 3.05) is 0 Å². The number of aryl methyl sites for hydroxylation is 1. The van der Waals surface area contributed by atoms with Crippen molar-refractivity contribution >= 4 is 12.3 Å². The zero-order valence-corrected chi connectivity index (χ0v) is 11.1. The third-order valence-electron chi connectivity index (χ3n) is 2.95. The molecule has 0 unspecified atom stereocenters. The van der Waals surface area contributed by atoms with E-state index in [0.29, 0.717) is 18.4 Å². The summed E-state index contributed by atoms with van der Waals surface area (Å²) in [5.41, 5.74) is 2.52. The number of carbonyl (C=O) groups excluding carboxylic acids is 2. The van der Waals surface area contributed by atoms with Crippen LogP contribution in [0.5, 0.6) is 0 Å². The molecule has 20 heavy (non-hydrogen) atoms. The van der Waals surface area contributed by atoms with Crippen LogP contribution in [0.15, 0.2) is 54.6 Å². The minimum atomic E-state index is -0.337. The highest BCUT2D eigenvalue weighted by molar-refractivity contribution is 5.89. The lowest BCUT2D eigenvalue weighted by Crippen LogP contribution is -2.05. The Hall–Kier alpha value is -2.42. The van der Waals surface area contributed by atoms with Crippen molar-refractivity contribution in [3.63, 3.8) is 0 Å². The number of hydrogen-bond acceptors (Lipinski definition) is 3. The first-order valence-corrected chi connectivity index (χ1v) is 6.53. The monoisotopic (exact) mass is 268 g/mol. The van der Waals surface area contributed by atoms with E-state index in [1.807, 2.05) is 42.5 Å². The zero-order chi connectivity index (χ0) is 14.2. The summed E-state index contributed by atoms with van der Waals surface area (Å²) >= 11 is 0. The lowest BCUT2D eigenvalue weighted by molar-refractivity contribution is -0.107. The van der Waals surface area contributed by atoms with Crippen molar-refractivity contribution in [2.24, 2.45) is 0 Å². The Labute approximate surface area is 118 Å². The molecule has 3 nitrogen and oxygen atoms in total. The van der Waals surface area contributed by atoms with Gasteiger partial charge in [0.15, 0.2) is 0 Å². The van der Waals surface area contributed by atoms with Crippen molar-refractivity contribution < 1.29 is 14.3 Å². The fraction of sp³-hybridized carbons (Fsp3) is 0.176. The second-order valence-electron chi connectivity index (χ2n) is 4.46. The summed E-state index contributed by atoms with van der Waals surface area (Å²) in [6, 6.07) is 16.7. The normalized spacial score (nSPS) is 10.0. The molecule has 3 heteroatoms. The first-order valence-electron chi connectivity index (χ1n) is 6.53. The Bertz CT molecular complexity index is 559. The summed E-state index contributed by atoms with van der Waals surface area (Å²) in [4.78, 5) is 22.2. The molecule has 102 valence electrons. The molecule has 0 amide bonds. The predicted molar refractivity (Wildman–Crippen MR) is 76.4 cm³/mol. The number of rotatable bonds is 6. The van der Waals surface area contributed by atoms with E-state index in [0.717, 1.165) is 17.4 Å². The van der Waals surface area contributed by atoms with Gasteiger partial charge in [-0.15, -0.1) is 0 Å². The van der Waals surface area contributed by atoms with Crippen LogP contribution in [0.1, 0.15) is 27.9 Å². The van der Waals surface area contributed by atoms with Crippen LogP contribution in [-0.4, -0.2) is 12.3 Å². The van der Waals surface area contributed by atoms with E-state index in [2.05, 4.69) is 0 Å². The Morgan fingerprint density at radius 1 is 0.950 bits per heavy atom. The quantitative estimate of drug-likeness (QED) is 0.597. The van der Waals surface area contributed by atoms with E-state index in [9.17, 15) is 9.59 Å². The molecule has 0 saturated heterocycles. The maximum Gasteiger partial charge on any atom is 0.338 e. The molecular formula is C17H16O3. The molecule has 0 atom stereocenters. The summed E-state index contributed by atoms with van der Waals surface area (Å²) in [7, 11) is 0. The molecule has 2 rings (SSSR count). The van der Waals surface area contributed by atoms with Gasteiger partial charge in [0.05, 0.1) is 5.56 Å². The van der Waals surface area contributed by atoms with Crippen LogP contribution in [0, 0.1) is 0 Å². The summed E-state index contributed by atoms with van der Waals surface area (Å²) in [5, 5.41) is 0. The number of hydrogen-bond donors (Lipinski definition) is 0. The second-order valence-corrected chi connectivity index (χ2v) is 4.46. The van der Waals surface area contributed by atoms with Crippen LogP contribution in [0.3, 0.4) is 0 Å². The smallest absolute Gasteiger partial charge is 0.338 e. The van der Waals surface area contributed by atoms with Crippen LogP contribution in [0.2, 0.25) is 0 Å². The highest BCUT2D eigenvalue weighted by atomic mass is 16.5. The molecule has 0 radical (unpaired) electrons. The molecule has 0 N–H and O–H groups in total. The molecule has 0 aromatic heterocycles. The van der Waals surface area contributed by atoms with Crippen molar-refractivity contribution in [1.82, 2.24) is 0 Å². The van der Waals surface area contributed by atoms with Gasteiger partial charge in [-0.25, -0.2) is 4.79 Å². The predicted octanol–water partition coefficient (Wildman–Crippen LogP) is 3.18. The van der Waals surface area contributed by atoms with Gasteiger partial charge in [-0.3, -0.25) is 0 Å². The van der Waals surface area contributed by atoms with Gasteiger partial charge in [0, 0.05) is 6.42 Å². The van der Waals surface area contributed by atoms with Gasteiger partial charge in [0.1, 0.15) is 12.9 Å². The van der Waals surface area contributed by atoms with Gasteiger partial charge in [-0.05, 0) is 29.7 Å². The number of esters is 1. The number of aldehydes is 1.